The average molecular weight is 268 g/mol. The minimum Gasteiger partial charge on any atom is -0.389 e. The third kappa shape index (κ3) is 4.70. The fourth-order valence-electron chi connectivity index (χ4n) is 1.96. The van der Waals surface area contributed by atoms with Crippen molar-refractivity contribution >= 4 is 17.2 Å². The van der Waals surface area contributed by atoms with Gasteiger partial charge in [0.15, 0.2) is 0 Å². The van der Waals surface area contributed by atoms with Gasteiger partial charge in [-0.05, 0) is 36.2 Å². The van der Waals surface area contributed by atoms with Gasteiger partial charge >= 0.3 is 0 Å². The molecular weight excluding hydrogens is 247 g/mol. The number of benzene rings is 1. The lowest BCUT2D eigenvalue weighted by molar-refractivity contribution is 0.248. The molecule has 0 heterocycles. The Morgan fingerprint density at radius 3 is 2.56 bits per heavy atom. The van der Waals surface area contributed by atoms with E-state index in [9.17, 15) is 4.39 Å². The van der Waals surface area contributed by atoms with Crippen molar-refractivity contribution in [2.45, 2.75) is 27.3 Å². The van der Waals surface area contributed by atoms with Gasteiger partial charge in [0.1, 0.15) is 10.8 Å². The molecule has 0 fully saturated rings. The molecule has 4 heteroatoms. The maximum absolute atomic E-state index is 13.5. The minimum atomic E-state index is -0.282. The van der Waals surface area contributed by atoms with E-state index < -0.39 is 0 Å². The molecule has 18 heavy (non-hydrogen) atoms. The maximum Gasteiger partial charge on any atom is 0.124 e. The first-order chi connectivity index (χ1) is 8.42. The van der Waals surface area contributed by atoms with Crippen molar-refractivity contribution < 1.29 is 4.39 Å². The molecule has 0 aliphatic heterocycles. The quantitative estimate of drug-likeness (QED) is 0.804. The van der Waals surface area contributed by atoms with Crippen LogP contribution in [0.2, 0.25) is 0 Å². The Kier molecular flexibility index (Phi) is 5.69. The van der Waals surface area contributed by atoms with Gasteiger partial charge in [-0.1, -0.05) is 33.0 Å². The summed E-state index contributed by atoms with van der Waals surface area (Å²) in [5.74, 6) is 0.310. The molecule has 2 nitrogen and oxygen atoms in total. The van der Waals surface area contributed by atoms with Gasteiger partial charge < -0.3 is 5.73 Å². The van der Waals surface area contributed by atoms with Crippen LogP contribution in [-0.4, -0.2) is 23.0 Å². The van der Waals surface area contributed by atoms with Crippen LogP contribution in [-0.2, 0) is 6.54 Å². The number of halogens is 1. The van der Waals surface area contributed by atoms with E-state index in [0.29, 0.717) is 11.5 Å². The Hall–Kier alpha value is -1.00. The van der Waals surface area contributed by atoms with E-state index in [-0.39, 0.29) is 10.8 Å². The van der Waals surface area contributed by atoms with Crippen LogP contribution in [0.4, 0.5) is 4.39 Å². The normalized spacial score (nSPS) is 11.2. The lowest BCUT2D eigenvalue weighted by Gasteiger charge is -2.22. The number of hydrogen-bond donors (Lipinski definition) is 1. The minimum absolute atomic E-state index is 0.239. The lowest BCUT2D eigenvalue weighted by Crippen LogP contribution is -2.27. The third-order valence-electron chi connectivity index (χ3n) is 2.72. The van der Waals surface area contributed by atoms with Crippen molar-refractivity contribution in [2.24, 2.45) is 11.7 Å². The smallest absolute Gasteiger partial charge is 0.124 e. The molecule has 0 unspecified atom stereocenters. The molecular formula is C14H21FN2S. The fourth-order valence-corrected chi connectivity index (χ4v) is 2.08. The van der Waals surface area contributed by atoms with Crippen LogP contribution in [0.25, 0.3) is 0 Å². The van der Waals surface area contributed by atoms with Crippen molar-refractivity contribution in [3.8, 4) is 0 Å². The van der Waals surface area contributed by atoms with Crippen LogP contribution >= 0.6 is 12.2 Å². The van der Waals surface area contributed by atoms with E-state index in [1.807, 2.05) is 6.07 Å². The van der Waals surface area contributed by atoms with E-state index >= 15 is 0 Å². The van der Waals surface area contributed by atoms with E-state index in [1.54, 1.807) is 6.07 Å². The number of thiocarbonyl (C=S) groups is 1. The summed E-state index contributed by atoms with van der Waals surface area (Å²) in [6, 6.07) is 4.80. The van der Waals surface area contributed by atoms with Gasteiger partial charge in [0, 0.05) is 18.7 Å². The summed E-state index contributed by atoms with van der Waals surface area (Å²) in [6.07, 6.45) is 0. The van der Waals surface area contributed by atoms with Crippen molar-refractivity contribution in [1.82, 2.24) is 4.90 Å². The number of rotatable bonds is 6. The molecule has 1 aromatic carbocycles. The molecule has 0 saturated heterocycles. The van der Waals surface area contributed by atoms with Crippen molar-refractivity contribution in [3.05, 3.63) is 35.1 Å². The monoisotopic (exact) mass is 268 g/mol. The number of nitrogens with two attached hydrogens (primary N) is 1. The molecule has 0 bridgehead atoms. The summed E-state index contributed by atoms with van der Waals surface area (Å²) in [5, 5.41) is 0. The second-order valence-electron chi connectivity index (χ2n) is 4.93. The number of hydrogen-bond acceptors (Lipinski definition) is 2. The van der Waals surface area contributed by atoms with E-state index in [0.717, 1.165) is 25.2 Å². The van der Waals surface area contributed by atoms with Crippen LogP contribution in [0, 0.1) is 11.7 Å². The summed E-state index contributed by atoms with van der Waals surface area (Å²) >= 11 is 4.89. The van der Waals surface area contributed by atoms with Crippen LogP contribution in [0.1, 0.15) is 31.9 Å². The summed E-state index contributed by atoms with van der Waals surface area (Å²) in [7, 11) is 0. The third-order valence-corrected chi connectivity index (χ3v) is 2.95. The Morgan fingerprint density at radius 2 is 2.06 bits per heavy atom. The highest BCUT2D eigenvalue weighted by atomic mass is 32.1. The molecule has 0 atom stereocenters. The fraction of sp³-hybridized carbons (Fsp3) is 0.500. The second-order valence-corrected chi connectivity index (χ2v) is 5.37. The highest BCUT2D eigenvalue weighted by Gasteiger charge is 2.09. The van der Waals surface area contributed by atoms with Crippen LogP contribution in [0.3, 0.4) is 0 Å². The lowest BCUT2D eigenvalue weighted by atomic mass is 10.1. The zero-order chi connectivity index (χ0) is 13.7. The Bertz CT molecular complexity index is 418. The van der Waals surface area contributed by atoms with E-state index in [1.165, 1.54) is 6.07 Å². The van der Waals surface area contributed by atoms with Gasteiger partial charge in [-0.25, -0.2) is 4.39 Å². The largest absolute Gasteiger partial charge is 0.389 e. The molecule has 0 aromatic heterocycles. The van der Waals surface area contributed by atoms with E-state index in [2.05, 4.69) is 25.7 Å². The predicted octanol–water partition coefficient (Wildman–Crippen LogP) is 2.94. The predicted molar refractivity (Wildman–Crippen MR) is 78.1 cm³/mol. The molecule has 0 aliphatic carbocycles. The summed E-state index contributed by atoms with van der Waals surface area (Å²) in [6.45, 7) is 9.12. The van der Waals surface area contributed by atoms with Crippen molar-refractivity contribution in [1.29, 1.82) is 0 Å². The van der Waals surface area contributed by atoms with Crippen molar-refractivity contribution in [2.75, 3.05) is 13.1 Å². The first-order valence-electron chi connectivity index (χ1n) is 6.24. The second kappa shape index (κ2) is 6.81. The SMILES string of the molecule is CCN(Cc1cc(F)cc(C(N)=S)c1)CC(C)C. The molecule has 1 aromatic rings. The summed E-state index contributed by atoms with van der Waals surface area (Å²) in [4.78, 5) is 2.52. The van der Waals surface area contributed by atoms with Crippen LogP contribution < -0.4 is 5.73 Å². The molecule has 100 valence electrons. The zero-order valence-electron chi connectivity index (χ0n) is 11.2. The molecule has 0 amide bonds. The van der Waals surface area contributed by atoms with Gasteiger partial charge in [-0.2, -0.15) is 0 Å². The number of nitrogens with zero attached hydrogens (tertiary/aromatic N) is 1. The first kappa shape index (κ1) is 15.1. The molecule has 0 spiro atoms. The van der Waals surface area contributed by atoms with Gasteiger partial charge in [0.05, 0.1) is 0 Å². The summed E-state index contributed by atoms with van der Waals surface area (Å²) in [5.41, 5.74) is 7.06. The topological polar surface area (TPSA) is 29.3 Å². The Balaban J connectivity index is 2.85. The van der Waals surface area contributed by atoms with E-state index in [4.69, 9.17) is 18.0 Å². The Labute approximate surface area is 114 Å². The van der Waals surface area contributed by atoms with Gasteiger partial charge in [0.2, 0.25) is 0 Å². The van der Waals surface area contributed by atoms with Gasteiger partial charge in [-0.15, -0.1) is 0 Å². The zero-order valence-corrected chi connectivity index (χ0v) is 12.1. The highest BCUT2D eigenvalue weighted by Crippen LogP contribution is 2.13. The van der Waals surface area contributed by atoms with Gasteiger partial charge in [0.25, 0.3) is 0 Å². The Morgan fingerprint density at radius 1 is 1.39 bits per heavy atom. The molecule has 0 aliphatic rings. The first-order valence-corrected chi connectivity index (χ1v) is 6.64. The average Bonchev–Trinajstić information content (AvgIpc) is 2.26. The standard InChI is InChI=1S/C14H21FN2S/c1-4-17(8-10(2)3)9-11-5-12(14(16)18)7-13(15)6-11/h5-7,10H,4,8-9H2,1-3H3,(H2,16,18). The molecule has 2 N–H and O–H groups in total. The molecule has 1 rings (SSSR count). The maximum atomic E-state index is 13.5. The summed E-state index contributed by atoms with van der Waals surface area (Å²) < 4.78 is 13.5. The van der Waals surface area contributed by atoms with Crippen molar-refractivity contribution in [3.63, 3.8) is 0 Å². The molecule has 0 saturated carbocycles. The van der Waals surface area contributed by atoms with Gasteiger partial charge in [-0.3, -0.25) is 4.90 Å². The molecule has 0 radical (unpaired) electrons. The highest BCUT2D eigenvalue weighted by molar-refractivity contribution is 7.80. The van der Waals surface area contributed by atoms with Crippen LogP contribution in [0.5, 0.6) is 0 Å². The van der Waals surface area contributed by atoms with Crippen LogP contribution in [0.15, 0.2) is 18.2 Å².